The Morgan fingerprint density at radius 3 is 1.67 bits per heavy atom. The second-order valence-corrected chi connectivity index (χ2v) is 15.7. The molecule has 9 aromatic rings. The summed E-state index contributed by atoms with van der Waals surface area (Å²) in [7, 11) is 0. The third-order valence-corrected chi connectivity index (χ3v) is 12.0. The Bertz CT molecular complexity index is 3020. The molecule has 0 fully saturated rings. The fourth-order valence-electron chi connectivity index (χ4n) is 9.19. The molecule has 0 N–H and O–H groups in total. The lowest BCUT2D eigenvalue weighted by Crippen LogP contribution is -2.16. The van der Waals surface area contributed by atoms with Gasteiger partial charge in [0.2, 0.25) is 0 Å². The second kappa shape index (κ2) is 13.0. The molecule has 0 spiro atoms. The Balaban J connectivity index is 1.14. The van der Waals surface area contributed by atoms with Crippen LogP contribution in [-0.2, 0) is 5.41 Å². The number of para-hydroxylation sites is 1. The van der Waals surface area contributed by atoms with Crippen molar-refractivity contribution in [1.82, 2.24) is 0 Å². The van der Waals surface area contributed by atoms with E-state index in [0.29, 0.717) is 0 Å². The van der Waals surface area contributed by atoms with Crippen LogP contribution in [0.2, 0.25) is 0 Å². The minimum absolute atomic E-state index is 0.138. The van der Waals surface area contributed by atoms with Crippen LogP contribution in [-0.4, -0.2) is 0 Å². The van der Waals surface area contributed by atoms with Crippen LogP contribution in [0, 0.1) is 0 Å². The van der Waals surface area contributed by atoms with Gasteiger partial charge in [0.15, 0.2) is 0 Å². The standard InChI is InChI=1S/C55H39NO/c1-55(2)51-26-12-11-23-45(51)46-29-27-42(34-52(46)55)56(41-22-13-21-38(31-41)36-15-5-3-6-16-36)43-28-30-47-49-32-39-19-9-10-20-40(39)33-50(49)48-25-14-24-44(37-17-7-4-8-18-37)54(48)57-53(47)35-43/h3-35H,1-2H3. The highest BCUT2D eigenvalue weighted by atomic mass is 16.5. The summed E-state index contributed by atoms with van der Waals surface area (Å²) in [6, 6.07) is 72.5. The van der Waals surface area contributed by atoms with Gasteiger partial charge in [0.25, 0.3) is 0 Å². The van der Waals surface area contributed by atoms with E-state index in [1.807, 2.05) is 0 Å². The van der Waals surface area contributed by atoms with Crippen molar-refractivity contribution in [2.45, 2.75) is 19.3 Å². The third-order valence-electron chi connectivity index (χ3n) is 12.0. The first-order valence-electron chi connectivity index (χ1n) is 19.8. The monoisotopic (exact) mass is 729 g/mol. The number of benzene rings is 9. The summed E-state index contributed by atoms with van der Waals surface area (Å²) in [5, 5.41) is 2.41. The molecule has 2 nitrogen and oxygen atoms in total. The van der Waals surface area contributed by atoms with E-state index in [9.17, 15) is 0 Å². The van der Waals surface area contributed by atoms with E-state index in [4.69, 9.17) is 4.74 Å². The van der Waals surface area contributed by atoms with Crippen molar-refractivity contribution in [3.63, 3.8) is 0 Å². The fraction of sp³-hybridized carbons (Fsp3) is 0.0545. The molecule has 0 aromatic heterocycles. The lowest BCUT2D eigenvalue weighted by molar-refractivity contribution is 0.489. The highest BCUT2D eigenvalue weighted by molar-refractivity contribution is 6.02. The summed E-state index contributed by atoms with van der Waals surface area (Å²) in [6.07, 6.45) is 0. The van der Waals surface area contributed by atoms with E-state index in [1.165, 1.54) is 49.7 Å². The Morgan fingerprint density at radius 2 is 0.895 bits per heavy atom. The molecule has 1 heterocycles. The Labute approximate surface area is 333 Å². The van der Waals surface area contributed by atoms with E-state index in [-0.39, 0.29) is 5.41 Å². The summed E-state index contributed by atoms with van der Waals surface area (Å²) >= 11 is 0. The average molecular weight is 730 g/mol. The third kappa shape index (κ3) is 5.40. The smallest absolute Gasteiger partial charge is 0.143 e. The lowest BCUT2D eigenvalue weighted by atomic mass is 9.82. The predicted molar refractivity (Wildman–Crippen MR) is 238 cm³/mol. The minimum Gasteiger partial charge on any atom is -0.455 e. The van der Waals surface area contributed by atoms with Crippen LogP contribution >= 0.6 is 0 Å². The number of nitrogens with zero attached hydrogens (tertiary/aromatic N) is 1. The number of anilines is 3. The molecule has 2 aliphatic rings. The van der Waals surface area contributed by atoms with Crippen molar-refractivity contribution < 1.29 is 4.74 Å². The van der Waals surface area contributed by atoms with Crippen LogP contribution in [0.15, 0.2) is 200 Å². The average Bonchev–Trinajstić information content (AvgIpc) is 3.40. The number of hydrogen-bond acceptors (Lipinski definition) is 2. The number of hydrogen-bond donors (Lipinski definition) is 0. The van der Waals surface area contributed by atoms with Gasteiger partial charge in [0, 0.05) is 45.2 Å². The Kier molecular flexibility index (Phi) is 7.55. The number of rotatable bonds is 5. The maximum Gasteiger partial charge on any atom is 0.143 e. The molecule has 0 saturated carbocycles. The van der Waals surface area contributed by atoms with Crippen LogP contribution in [0.3, 0.4) is 0 Å². The Hall–Kier alpha value is -7.16. The summed E-state index contributed by atoms with van der Waals surface area (Å²) in [6.45, 7) is 4.70. The van der Waals surface area contributed by atoms with Crippen molar-refractivity contribution in [1.29, 1.82) is 0 Å². The van der Waals surface area contributed by atoms with Crippen molar-refractivity contribution in [2.24, 2.45) is 0 Å². The quantitative estimate of drug-likeness (QED) is 0.175. The van der Waals surface area contributed by atoms with Gasteiger partial charge in [0.1, 0.15) is 11.5 Å². The molecule has 9 aromatic carbocycles. The summed E-state index contributed by atoms with van der Waals surface area (Å²) in [5.74, 6) is 1.69. The van der Waals surface area contributed by atoms with Crippen molar-refractivity contribution >= 4 is 27.8 Å². The van der Waals surface area contributed by atoms with Crippen LogP contribution in [0.25, 0.3) is 66.4 Å². The first kappa shape index (κ1) is 33.2. The van der Waals surface area contributed by atoms with Gasteiger partial charge in [-0.1, -0.05) is 159 Å². The van der Waals surface area contributed by atoms with Crippen LogP contribution in [0.4, 0.5) is 17.1 Å². The van der Waals surface area contributed by atoms with Crippen LogP contribution in [0.1, 0.15) is 25.0 Å². The molecule has 0 amide bonds. The zero-order valence-electron chi connectivity index (χ0n) is 31.9. The highest BCUT2D eigenvalue weighted by Crippen LogP contribution is 2.54. The summed E-state index contributed by atoms with van der Waals surface area (Å²) < 4.78 is 7.28. The van der Waals surface area contributed by atoms with Gasteiger partial charge in [-0.05, 0) is 109 Å². The van der Waals surface area contributed by atoms with Gasteiger partial charge >= 0.3 is 0 Å². The topological polar surface area (TPSA) is 12.5 Å². The van der Waals surface area contributed by atoms with Crippen molar-refractivity contribution in [2.75, 3.05) is 4.90 Å². The molecule has 0 radical (unpaired) electrons. The maximum absolute atomic E-state index is 7.28. The summed E-state index contributed by atoms with van der Waals surface area (Å²) in [4.78, 5) is 2.39. The number of fused-ring (bicyclic) bond motifs is 9. The van der Waals surface area contributed by atoms with E-state index >= 15 is 0 Å². The highest BCUT2D eigenvalue weighted by Gasteiger charge is 2.36. The molecule has 270 valence electrons. The lowest BCUT2D eigenvalue weighted by Gasteiger charge is -2.29. The molecule has 2 heteroatoms. The first-order valence-corrected chi connectivity index (χ1v) is 19.8. The maximum atomic E-state index is 7.28. The molecule has 57 heavy (non-hydrogen) atoms. The van der Waals surface area contributed by atoms with Crippen LogP contribution < -0.4 is 9.64 Å². The van der Waals surface area contributed by atoms with Gasteiger partial charge in [-0.3, -0.25) is 0 Å². The fourth-order valence-corrected chi connectivity index (χ4v) is 9.19. The molecular formula is C55H39NO. The number of ether oxygens (including phenoxy) is 1. The normalized spacial score (nSPS) is 13.0. The van der Waals surface area contributed by atoms with Gasteiger partial charge in [-0.25, -0.2) is 0 Å². The molecular weight excluding hydrogens is 691 g/mol. The van der Waals surface area contributed by atoms with Crippen LogP contribution in [0.5, 0.6) is 11.5 Å². The Morgan fingerprint density at radius 1 is 0.351 bits per heavy atom. The van der Waals surface area contributed by atoms with Gasteiger partial charge in [0.05, 0.1) is 0 Å². The van der Waals surface area contributed by atoms with Gasteiger partial charge < -0.3 is 9.64 Å². The zero-order valence-corrected chi connectivity index (χ0v) is 31.9. The second-order valence-electron chi connectivity index (χ2n) is 15.7. The van der Waals surface area contributed by atoms with Gasteiger partial charge in [-0.15, -0.1) is 0 Å². The molecule has 11 rings (SSSR count). The molecule has 0 saturated heterocycles. The predicted octanol–water partition coefficient (Wildman–Crippen LogP) is 15.4. The molecule has 1 aliphatic heterocycles. The van der Waals surface area contributed by atoms with E-state index in [0.717, 1.165) is 56.4 Å². The molecule has 1 aliphatic carbocycles. The molecule has 0 atom stereocenters. The van der Waals surface area contributed by atoms with Gasteiger partial charge in [-0.2, -0.15) is 0 Å². The van der Waals surface area contributed by atoms with Crippen molar-refractivity contribution in [3.05, 3.63) is 211 Å². The molecule has 0 bridgehead atoms. The van der Waals surface area contributed by atoms with Crippen molar-refractivity contribution in [3.8, 4) is 67.1 Å². The first-order chi connectivity index (χ1) is 28.0. The van der Waals surface area contributed by atoms with E-state index < -0.39 is 0 Å². The largest absolute Gasteiger partial charge is 0.455 e. The van der Waals surface area contributed by atoms with E-state index in [1.54, 1.807) is 0 Å². The molecule has 0 unspecified atom stereocenters. The SMILES string of the molecule is CC1(C)c2ccccc2-c2ccc(N(c3cccc(-c4ccccc4)c3)c3ccc4c(c3)Oc3c(-c5ccccc5)cccc3-c3cc5ccccc5cc3-4)cc21. The van der Waals surface area contributed by atoms with E-state index in [2.05, 4.69) is 219 Å². The summed E-state index contributed by atoms with van der Waals surface area (Å²) in [5.41, 5.74) is 17.4. The minimum atomic E-state index is -0.138. The zero-order chi connectivity index (χ0) is 38.1.